The normalized spacial score (nSPS) is 10.7. The molecule has 0 radical (unpaired) electrons. The van der Waals surface area contributed by atoms with Crippen LogP contribution in [-0.2, 0) is 0 Å². The molecule has 7 nitrogen and oxygen atoms in total. The molecule has 0 aliphatic carbocycles. The fourth-order valence-electron chi connectivity index (χ4n) is 2.92. The van der Waals surface area contributed by atoms with Gasteiger partial charge in [0.05, 0.1) is 11.6 Å². The maximum absolute atomic E-state index is 12.5. The lowest BCUT2D eigenvalue weighted by atomic mass is 10.1. The predicted octanol–water partition coefficient (Wildman–Crippen LogP) is 5.10. The van der Waals surface area contributed by atoms with Crippen molar-refractivity contribution in [1.29, 1.82) is 0 Å². The van der Waals surface area contributed by atoms with Crippen molar-refractivity contribution in [3.63, 3.8) is 0 Å². The fraction of sp³-hybridized carbons (Fsp3) is 0.0909. The van der Waals surface area contributed by atoms with E-state index in [0.717, 1.165) is 16.8 Å². The lowest BCUT2D eigenvalue weighted by molar-refractivity contribution is 0.0977. The maximum Gasteiger partial charge on any atom is 0.257 e. The minimum atomic E-state index is -0.334. The van der Waals surface area contributed by atoms with Crippen LogP contribution >= 0.6 is 28.1 Å². The van der Waals surface area contributed by atoms with Gasteiger partial charge in [-0.2, -0.15) is 4.98 Å². The number of aryl methyl sites for hydroxylation is 1. The number of nitrogens with zero attached hydrogens (tertiary/aromatic N) is 2. The van der Waals surface area contributed by atoms with Crippen LogP contribution in [0.3, 0.4) is 0 Å². The Morgan fingerprint density at radius 3 is 2.77 bits per heavy atom. The zero-order chi connectivity index (χ0) is 22.0. The van der Waals surface area contributed by atoms with E-state index in [-0.39, 0.29) is 11.0 Å². The number of thiocarbonyl (C=S) groups is 1. The highest BCUT2D eigenvalue weighted by Gasteiger charge is 2.13. The molecule has 4 aromatic rings. The molecule has 156 valence electrons. The highest BCUT2D eigenvalue weighted by atomic mass is 79.9. The standard InChI is InChI=1S/C22H17BrN4O3S/c1-12-5-6-14(21-26-19-18(30-21)4-3-9-24-19)11-16(12)25-22(31)27-20(28)13-7-8-17(29-2)15(23)10-13/h3-11H,1-2H3,(H2,25,27,28,31). The Labute approximate surface area is 192 Å². The van der Waals surface area contributed by atoms with Crippen molar-refractivity contribution in [1.82, 2.24) is 15.3 Å². The Kier molecular flexibility index (Phi) is 5.97. The predicted molar refractivity (Wildman–Crippen MR) is 126 cm³/mol. The first-order valence-electron chi connectivity index (χ1n) is 9.23. The van der Waals surface area contributed by atoms with Crippen molar-refractivity contribution < 1.29 is 13.9 Å². The highest BCUT2D eigenvalue weighted by Crippen LogP contribution is 2.28. The molecule has 2 N–H and O–H groups in total. The van der Waals surface area contributed by atoms with Crippen LogP contribution in [0.15, 0.2) is 63.6 Å². The third kappa shape index (κ3) is 4.57. The SMILES string of the molecule is COc1ccc(C(=O)NC(=S)Nc2cc(-c3nc4ncccc4o3)ccc2C)cc1Br. The third-order valence-electron chi connectivity index (χ3n) is 4.54. The Balaban J connectivity index is 1.50. The second-order valence-corrected chi connectivity index (χ2v) is 7.89. The van der Waals surface area contributed by atoms with E-state index in [1.165, 1.54) is 0 Å². The number of nitrogens with one attached hydrogen (secondary N) is 2. The Morgan fingerprint density at radius 2 is 2.03 bits per heavy atom. The number of pyridine rings is 1. The number of fused-ring (bicyclic) bond motifs is 1. The summed E-state index contributed by atoms with van der Waals surface area (Å²) in [6.45, 7) is 1.94. The summed E-state index contributed by atoms with van der Waals surface area (Å²) in [4.78, 5) is 21.2. The number of hydrogen-bond donors (Lipinski definition) is 2. The van der Waals surface area contributed by atoms with Crippen LogP contribution in [0.4, 0.5) is 5.69 Å². The maximum atomic E-state index is 12.5. The molecule has 0 aliphatic heterocycles. The van der Waals surface area contributed by atoms with Gasteiger partial charge in [0.25, 0.3) is 5.91 Å². The molecular formula is C22H17BrN4O3S. The molecule has 31 heavy (non-hydrogen) atoms. The summed E-state index contributed by atoms with van der Waals surface area (Å²) < 4.78 is 11.7. The van der Waals surface area contributed by atoms with E-state index in [9.17, 15) is 4.79 Å². The van der Waals surface area contributed by atoms with Gasteiger partial charge in [-0.1, -0.05) is 6.07 Å². The summed E-state index contributed by atoms with van der Waals surface area (Å²) in [5.74, 6) is 0.758. The summed E-state index contributed by atoms with van der Waals surface area (Å²) in [6, 6.07) is 14.3. The fourth-order valence-corrected chi connectivity index (χ4v) is 3.66. The molecule has 0 spiro atoms. The zero-order valence-corrected chi connectivity index (χ0v) is 19.0. The molecule has 1 amide bonds. The van der Waals surface area contributed by atoms with Gasteiger partial charge >= 0.3 is 0 Å². The van der Waals surface area contributed by atoms with Crippen LogP contribution in [0.1, 0.15) is 15.9 Å². The molecule has 0 saturated heterocycles. The zero-order valence-electron chi connectivity index (χ0n) is 16.6. The summed E-state index contributed by atoms with van der Waals surface area (Å²) in [5, 5.41) is 5.94. The van der Waals surface area contributed by atoms with Crippen molar-refractivity contribution >= 4 is 56.1 Å². The topological polar surface area (TPSA) is 89.3 Å². The number of anilines is 1. The number of hydrogen-bond acceptors (Lipinski definition) is 6. The molecule has 4 rings (SSSR count). The van der Waals surface area contributed by atoms with E-state index in [4.69, 9.17) is 21.4 Å². The van der Waals surface area contributed by atoms with E-state index < -0.39 is 0 Å². The molecule has 0 atom stereocenters. The van der Waals surface area contributed by atoms with Gasteiger partial charge in [-0.15, -0.1) is 0 Å². The van der Waals surface area contributed by atoms with Crippen molar-refractivity contribution in [3.8, 4) is 17.2 Å². The molecule has 0 saturated carbocycles. The number of oxazole rings is 1. The van der Waals surface area contributed by atoms with Gasteiger partial charge < -0.3 is 14.5 Å². The summed E-state index contributed by atoms with van der Waals surface area (Å²) in [5.41, 5.74) is 4.04. The van der Waals surface area contributed by atoms with Crippen molar-refractivity contribution in [2.24, 2.45) is 0 Å². The van der Waals surface area contributed by atoms with Crippen LogP contribution in [0.5, 0.6) is 5.75 Å². The van der Waals surface area contributed by atoms with Gasteiger partial charge in [0, 0.05) is 23.0 Å². The van der Waals surface area contributed by atoms with Crippen LogP contribution in [0.2, 0.25) is 0 Å². The van der Waals surface area contributed by atoms with Gasteiger partial charge in [-0.05, 0) is 83.1 Å². The minimum absolute atomic E-state index is 0.177. The first kappa shape index (κ1) is 21.0. The second kappa shape index (κ2) is 8.83. The first-order valence-corrected chi connectivity index (χ1v) is 10.4. The molecule has 9 heteroatoms. The van der Waals surface area contributed by atoms with Gasteiger partial charge in [0.1, 0.15) is 5.75 Å². The van der Waals surface area contributed by atoms with Crippen LogP contribution in [-0.4, -0.2) is 28.1 Å². The van der Waals surface area contributed by atoms with E-state index in [1.54, 1.807) is 37.6 Å². The number of amides is 1. The lowest BCUT2D eigenvalue weighted by Crippen LogP contribution is -2.34. The highest BCUT2D eigenvalue weighted by molar-refractivity contribution is 9.10. The van der Waals surface area contributed by atoms with Crippen molar-refractivity contribution in [2.75, 3.05) is 12.4 Å². The Morgan fingerprint density at radius 1 is 1.19 bits per heavy atom. The van der Waals surface area contributed by atoms with Crippen LogP contribution in [0.25, 0.3) is 22.7 Å². The Bertz CT molecular complexity index is 1270. The van der Waals surface area contributed by atoms with E-state index in [0.29, 0.717) is 32.9 Å². The van der Waals surface area contributed by atoms with Crippen molar-refractivity contribution in [2.45, 2.75) is 6.92 Å². The van der Waals surface area contributed by atoms with Crippen LogP contribution < -0.4 is 15.4 Å². The number of carbonyl (C=O) groups excluding carboxylic acids is 1. The largest absolute Gasteiger partial charge is 0.496 e. The minimum Gasteiger partial charge on any atom is -0.496 e. The van der Waals surface area contributed by atoms with E-state index in [2.05, 4.69) is 36.5 Å². The molecule has 0 fully saturated rings. The second-order valence-electron chi connectivity index (χ2n) is 6.63. The molecule has 0 aliphatic rings. The molecule has 2 aromatic carbocycles. The number of ether oxygens (including phenoxy) is 1. The average Bonchev–Trinajstić information content (AvgIpc) is 3.19. The van der Waals surface area contributed by atoms with E-state index >= 15 is 0 Å². The number of rotatable bonds is 4. The third-order valence-corrected chi connectivity index (χ3v) is 5.36. The first-order chi connectivity index (χ1) is 14.9. The molecular weight excluding hydrogens is 480 g/mol. The monoisotopic (exact) mass is 496 g/mol. The van der Waals surface area contributed by atoms with E-state index in [1.807, 2.05) is 31.2 Å². The number of methoxy groups -OCH3 is 1. The van der Waals surface area contributed by atoms with Gasteiger partial charge in [-0.25, -0.2) is 4.98 Å². The molecule has 0 bridgehead atoms. The number of carbonyl (C=O) groups is 1. The quantitative estimate of drug-likeness (QED) is 0.380. The number of halogens is 1. The summed E-state index contributed by atoms with van der Waals surface area (Å²) >= 11 is 8.71. The lowest BCUT2D eigenvalue weighted by Gasteiger charge is -2.13. The summed E-state index contributed by atoms with van der Waals surface area (Å²) in [7, 11) is 1.56. The number of benzene rings is 2. The number of aromatic nitrogens is 2. The smallest absolute Gasteiger partial charge is 0.257 e. The van der Waals surface area contributed by atoms with Gasteiger partial charge in [0.2, 0.25) is 5.89 Å². The average molecular weight is 497 g/mol. The molecule has 2 heterocycles. The molecule has 0 unspecified atom stereocenters. The Hall–Kier alpha value is -3.30. The van der Waals surface area contributed by atoms with Gasteiger partial charge in [-0.3, -0.25) is 10.1 Å². The van der Waals surface area contributed by atoms with Crippen LogP contribution in [0, 0.1) is 6.92 Å². The van der Waals surface area contributed by atoms with Gasteiger partial charge in [0.15, 0.2) is 16.3 Å². The molecule has 2 aromatic heterocycles. The summed E-state index contributed by atoms with van der Waals surface area (Å²) in [6.07, 6.45) is 1.67. The van der Waals surface area contributed by atoms with Crippen molar-refractivity contribution in [3.05, 3.63) is 70.3 Å².